The van der Waals surface area contributed by atoms with Crippen molar-refractivity contribution in [2.75, 3.05) is 31.1 Å². The maximum atomic E-state index is 5.55. The molecule has 3 rings (SSSR count). The number of aromatic nitrogens is 2. The Morgan fingerprint density at radius 2 is 2.06 bits per heavy atom. The van der Waals surface area contributed by atoms with Gasteiger partial charge in [-0.2, -0.15) is 0 Å². The standard InChI is InChI=1S/C12H19N5/c13-6-10-7-14-12(15-8-10)17-5-4-16-3-1-2-11(16)9-17/h7-8,11H,1-6,9,13H2. The van der Waals surface area contributed by atoms with E-state index in [4.69, 9.17) is 5.73 Å². The molecule has 5 heteroatoms. The molecule has 1 atom stereocenters. The number of piperazine rings is 1. The summed E-state index contributed by atoms with van der Waals surface area (Å²) in [6, 6.07) is 0.710. The number of nitrogens with zero attached hydrogens (tertiary/aromatic N) is 4. The van der Waals surface area contributed by atoms with Gasteiger partial charge in [0.1, 0.15) is 0 Å². The zero-order valence-electron chi connectivity index (χ0n) is 10.0. The average Bonchev–Trinajstić information content (AvgIpc) is 2.86. The van der Waals surface area contributed by atoms with Crippen LogP contribution in [0, 0.1) is 0 Å². The van der Waals surface area contributed by atoms with Crippen LogP contribution >= 0.6 is 0 Å². The largest absolute Gasteiger partial charge is 0.338 e. The van der Waals surface area contributed by atoms with E-state index in [9.17, 15) is 0 Å². The third kappa shape index (κ3) is 2.12. The molecule has 0 saturated carbocycles. The predicted molar refractivity (Wildman–Crippen MR) is 66.7 cm³/mol. The minimum absolute atomic E-state index is 0.511. The molecule has 0 bridgehead atoms. The van der Waals surface area contributed by atoms with E-state index in [1.165, 1.54) is 19.4 Å². The number of hydrogen-bond donors (Lipinski definition) is 1. The Bertz CT molecular complexity index is 377. The third-order valence-corrected chi connectivity index (χ3v) is 3.80. The Kier molecular flexibility index (Phi) is 2.94. The molecule has 2 N–H and O–H groups in total. The fourth-order valence-corrected chi connectivity index (χ4v) is 2.79. The molecule has 0 aromatic carbocycles. The Morgan fingerprint density at radius 1 is 1.24 bits per heavy atom. The summed E-state index contributed by atoms with van der Waals surface area (Å²) in [5, 5.41) is 0. The van der Waals surface area contributed by atoms with Crippen molar-refractivity contribution in [1.29, 1.82) is 0 Å². The molecule has 0 amide bonds. The van der Waals surface area contributed by atoms with Crippen LogP contribution < -0.4 is 10.6 Å². The van der Waals surface area contributed by atoms with Crippen molar-refractivity contribution < 1.29 is 0 Å². The van der Waals surface area contributed by atoms with Gasteiger partial charge in [0.2, 0.25) is 5.95 Å². The zero-order chi connectivity index (χ0) is 11.7. The highest BCUT2D eigenvalue weighted by molar-refractivity contribution is 5.31. The molecule has 2 fully saturated rings. The number of nitrogens with two attached hydrogens (primary N) is 1. The van der Waals surface area contributed by atoms with Gasteiger partial charge in [-0.1, -0.05) is 0 Å². The van der Waals surface area contributed by atoms with Gasteiger partial charge in [0, 0.05) is 50.2 Å². The molecular formula is C12H19N5. The molecule has 2 aliphatic rings. The van der Waals surface area contributed by atoms with Gasteiger partial charge in [-0.15, -0.1) is 0 Å². The molecule has 1 aromatic heterocycles. The van der Waals surface area contributed by atoms with Gasteiger partial charge in [-0.25, -0.2) is 9.97 Å². The van der Waals surface area contributed by atoms with Crippen LogP contribution in [0.5, 0.6) is 0 Å². The van der Waals surface area contributed by atoms with E-state index in [2.05, 4.69) is 19.8 Å². The molecule has 1 unspecified atom stereocenters. The monoisotopic (exact) mass is 233 g/mol. The first kappa shape index (κ1) is 10.9. The summed E-state index contributed by atoms with van der Waals surface area (Å²) in [4.78, 5) is 13.7. The lowest BCUT2D eigenvalue weighted by Gasteiger charge is -2.37. The first-order valence-electron chi connectivity index (χ1n) is 6.37. The summed E-state index contributed by atoms with van der Waals surface area (Å²) in [5.41, 5.74) is 6.54. The quantitative estimate of drug-likeness (QED) is 0.792. The van der Waals surface area contributed by atoms with Crippen molar-refractivity contribution in [1.82, 2.24) is 14.9 Å². The van der Waals surface area contributed by atoms with Gasteiger partial charge in [0.15, 0.2) is 0 Å². The molecule has 92 valence electrons. The van der Waals surface area contributed by atoms with E-state index in [0.29, 0.717) is 12.6 Å². The Balaban J connectivity index is 1.71. The summed E-state index contributed by atoms with van der Waals surface area (Å²) in [6.45, 7) is 5.04. The number of anilines is 1. The van der Waals surface area contributed by atoms with Gasteiger partial charge >= 0.3 is 0 Å². The lowest BCUT2D eigenvalue weighted by atomic mass is 10.2. The predicted octanol–water partition coefficient (Wildman–Crippen LogP) is 0.220. The molecule has 3 heterocycles. The molecule has 1 aromatic rings. The fourth-order valence-electron chi connectivity index (χ4n) is 2.79. The summed E-state index contributed by atoms with van der Waals surface area (Å²) in [5.74, 6) is 0.855. The van der Waals surface area contributed by atoms with Crippen LogP contribution in [-0.2, 0) is 6.54 Å². The fraction of sp³-hybridized carbons (Fsp3) is 0.667. The topological polar surface area (TPSA) is 58.3 Å². The van der Waals surface area contributed by atoms with Gasteiger partial charge in [0.05, 0.1) is 0 Å². The lowest BCUT2D eigenvalue weighted by Crippen LogP contribution is -2.50. The highest BCUT2D eigenvalue weighted by Crippen LogP contribution is 2.23. The van der Waals surface area contributed by atoms with Crippen molar-refractivity contribution in [2.24, 2.45) is 5.73 Å². The van der Waals surface area contributed by atoms with E-state index in [0.717, 1.165) is 31.1 Å². The number of rotatable bonds is 2. The average molecular weight is 233 g/mol. The highest BCUT2D eigenvalue weighted by atomic mass is 15.3. The highest BCUT2D eigenvalue weighted by Gasteiger charge is 2.31. The molecule has 2 aliphatic heterocycles. The third-order valence-electron chi connectivity index (χ3n) is 3.80. The van der Waals surface area contributed by atoms with Crippen molar-refractivity contribution in [3.05, 3.63) is 18.0 Å². The molecule has 0 spiro atoms. The van der Waals surface area contributed by atoms with Crippen molar-refractivity contribution >= 4 is 5.95 Å². The Labute approximate surface area is 102 Å². The normalized spacial score (nSPS) is 25.0. The van der Waals surface area contributed by atoms with Gasteiger partial charge in [0.25, 0.3) is 0 Å². The van der Waals surface area contributed by atoms with Gasteiger partial charge < -0.3 is 10.6 Å². The van der Waals surface area contributed by atoms with Gasteiger partial charge in [-0.3, -0.25) is 4.90 Å². The molecule has 5 nitrogen and oxygen atoms in total. The summed E-state index contributed by atoms with van der Waals surface area (Å²) < 4.78 is 0. The first-order chi connectivity index (χ1) is 8.36. The van der Waals surface area contributed by atoms with E-state index >= 15 is 0 Å². The number of fused-ring (bicyclic) bond motifs is 1. The van der Waals surface area contributed by atoms with Crippen LogP contribution in [0.15, 0.2) is 12.4 Å². The van der Waals surface area contributed by atoms with Crippen molar-refractivity contribution in [2.45, 2.75) is 25.4 Å². The lowest BCUT2D eigenvalue weighted by molar-refractivity contribution is 0.229. The smallest absolute Gasteiger partial charge is 0.225 e. The minimum Gasteiger partial charge on any atom is -0.338 e. The van der Waals surface area contributed by atoms with Crippen molar-refractivity contribution in [3.63, 3.8) is 0 Å². The zero-order valence-corrected chi connectivity index (χ0v) is 10.0. The molecule has 0 radical (unpaired) electrons. The molecule has 0 aliphatic carbocycles. The summed E-state index contributed by atoms with van der Waals surface area (Å²) >= 11 is 0. The molecular weight excluding hydrogens is 214 g/mol. The van der Waals surface area contributed by atoms with E-state index in [-0.39, 0.29) is 0 Å². The van der Waals surface area contributed by atoms with Crippen LogP contribution in [0.3, 0.4) is 0 Å². The second kappa shape index (κ2) is 4.58. The summed E-state index contributed by atoms with van der Waals surface area (Å²) in [7, 11) is 0. The van der Waals surface area contributed by atoms with Gasteiger partial charge in [-0.05, 0) is 19.4 Å². The van der Waals surface area contributed by atoms with E-state index in [1.807, 2.05) is 12.4 Å². The van der Waals surface area contributed by atoms with Crippen LogP contribution in [-0.4, -0.2) is 47.1 Å². The van der Waals surface area contributed by atoms with Crippen LogP contribution in [0.25, 0.3) is 0 Å². The second-order valence-corrected chi connectivity index (χ2v) is 4.87. The summed E-state index contributed by atoms with van der Waals surface area (Å²) in [6.07, 6.45) is 6.33. The SMILES string of the molecule is NCc1cnc(N2CCN3CCCC3C2)nc1. The van der Waals surface area contributed by atoms with Crippen LogP contribution in [0.1, 0.15) is 18.4 Å². The van der Waals surface area contributed by atoms with E-state index < -0.39 is 0 Å². The Hall–Kier alpha value is -1.20. The van der Waals surface area contributed by atoms with Crippen LogP contribution in [0.4, 0.5) is 5.95 Å². The van der Waals surface area contributed by atoms with E-state index in [1.54, 1.807) is 0 Å². The number of hydrogen-bond acceptors (Lipinski definition) is 5. The molecule has 17 heavy (non-hydrogen) atoms. The molecule has 2 saturated heterocycles. The Morgan fingerprint density at radius 3 is 2.82 bits per heavy atom. The first-order valence-corrected chi connectivity index (χ1v) is 6.37. The van der Waals surface area contributed by atoms with Crippen molar-refractivity contribution in [3.8, 4) is 0 Å². The second-order valence-electron chi connectivity index (χ2n) is 4.87. The van der Waals surface area contributed by atoms with Crippen LogP contribution in [0.2, 0.25) is 0 Å². The minimum atomic E-state index is 0.511. The maximum Gasteiger partial charge on any atom is 0.225 e. The maximum absolute atomic E-state index is 5.55.